The summed E-state index contributed by atoms with van der Waals surface area (Å²) in [4.78, 5) is 13.4. The third kappa shape index (κ3) is 5.54. The van der Waals surface area contributed by atoms with Crippen LogP contribution < -0.4 is 10.1 Å². The summed E-state index contributed by atoms with van der Waals surface area (Å²) in [6.07, 6.45) is -5.46. The van der Waals surface area contributed by atoms with Crippen molar-refractivity contribution >= 4 is 6.03 Å². The average molecular weight is 576 g/mol. The molecule has 1 atom stereocenters. The van der Waals surface area contributed by atoms with Crippen LogP contribution in [-0.4, -0.2) is 43.0 Å². The lowest BCUT2D eigenvalue weighted by molar-refractivity contribution is -0.172. The van der Waals surface area contributed by atoms with Gasteiger partial charge in [-0.15, -0.1) is 0 Å². The van der Waals surface area contributed by atoms with E-state index in [1.54, 1.807) is 18.2 Å². The van der Waals surface area contributed by atoms with Crippen molar-refractivity contribution in [2.24, 2.45) is 0 Å². The number of likely N-dealkylation sites (tertiary alicyclic amines) is 1. The van der Waals surface area contributed by atoms with Gasteiger partial charge in [-0.3, -0.25) is 0 Å². The van der Waals surface area contributed by atoms with E-state index in [4.69, 9.17) is 4.74 Å². The van der Waals surface area contributed by atoms with E-state index in [-0.39, 0.29) is 16.5 Å². The Hall–Kier alpha value is -3.90. The molecule has 1 fully saturated rings. The van der Waals surface area contributed by atoms with Gasteiger partial charge in [-0.1, -0.05) is 36.4 Å². The van der Waals surface area contributed by atoms with Crippen LogP contribution in [0.5, 0.6) is 5.75 Å². The van der Waals surface area contributed by atoms with Crippen LogP contribution in [0.3, 0.4) is 0 Å². The second-order valence-electron chi connectivity index (χ2n) is 9.34. The van der Waals surface area contributed by atoms with Gasteiger partial charge >= 0.3 is 24.1 Å². The molecule has 4 rings (SSSR count). The Morgan fingerprint density at radius 2 is 1.48 bits per heavy atom. The number of rotatable bonds is 6. The highest BCUT2D eigenvalue weighted by molar-refractivity contribution is 5.77. The van der Waals surface area contributed by atoms with Gasteiger partial charge < -0.3 is 15.0 Å². The van der Waals surface area contributed by atoms with E-state index < -0.39 is 77.6 Å². The first-order chi connectivity index (χ1) is 18.6. The van der Waals surface area contributed by atoms with E-state index in [1.807, 2.05) is 0 Å². The topological polar surface area (TPSA) is 41.6 Å². The third-order valence-corrected chi connectivity index (χ3v) is 6.60. The molecule has 214 valence electrons. The molecule has 1 N–H and O–H groups in total. The van der Waals surface area contributed by atoms with Gasteiger partial charge in [0, 0.05) is 6.42 Å². The molecule has 0 spiro atoms. The van der Waals surface area contributed by atoms with Crippen molar-refractivity contribution in [1.29, 1.82) is 0 Å². The summed E-state index contributed by atoms with van der Waals surface area (Å²) in [7, 11) is 1.10. The van der Waals surface area contributed by atoms with Gasteiger partial charge in [0.1, 0.15) is 5.82 Å². The van der Waals surface area contributed by atoms with Crippen LogP contribution in [0.25, 0.3) is 0 Å². The van der Waals surface area contributed by atoms with Gasteiger partial charge in [0.25, 0.3) is 0 Å². The van der Waals surface area contributed by atoms with Crippen molar-refractivity contribution in [3.8, 4) is 5.75 Å². The summed E-state index contributed by atoms with van der Waals surface area (Å²) in [5, 5.41) is 2.31. The number of halogens is 9. The highest BCUT2D eigenvalue weighted by Gasteiger charge is 2.64. The number of nitrogens with zero attached hydrogens (tertiary/aromatic N) is 1. The second kappa shape index (κ2) is 10.3. The summed E-state index contributed by atoms with van der Waals surface area (Å²) in [5.74, 6) is -11.8. The molecule has 4 nitrogen and oxygen atoms in total. The number of amides is 2. The van der Waals surface area contributed by atoms with E-state index >= 15 is 0 Å². The Labute approximate surface area is 222 Å². The number of carbonyl (C=O) groups is 1. The average Bonchev–Trinajstić information content (AvgIpc) is 3.10. The predicted molar refractivity (Wildman–Crippen MR) is 125 cm³/mol. The molecule has 1 saturated heterocycles. The lowest BCUT2D eigenvalue weighted by Gasteiger charge is -2.38. The zero-order chi connectivity index (χ0) is 29.5. The lowest BCUT2D eigenvalue weighted by atomic mass is 9.77. The summed E-state index contributed by atoms with van der Waals surface area (Å²) < 4.78 is 131. The Kier molecular flexibility index (Phi) is 7.46. The lowest BCUT2D eigenvalue weighted by Crippen LogP contribution is -2.53. The largest absolute Gasteiger partial charge is 0.494 e. The molecule has 0 aliphatic carbocycles. The molecule has 0 aromatic heterocycles. The Bertz CT molecular complexity index is 1380. The molecule has 1 heterocycles. The highest BCUT2D eigenvalue weighted by atomic mass is 19.4. The van der Waals surface area contributed by atoms with E-state index in [0.717, 1.165) is 25.3 Å². The number of ether oxygens (including phenoxy) is 1. The molecule has 0 radical (unpaired) electrons. The SMILES string of the molecule is COc1cc(C(Cc2ccccc2)(NC(=O)N2CC(F)(F)C(F)(F)C2)c2cc(F)cc(C(F)(F)F)c2)ccc1F. The number of methoxy groups -OCH3 is 1. The molecule has 0 bridgehead atoms. The Morgan fingerprint density at radius 1 is 0.875 bits per heavy atom. The van der Waals surface area contributed by atoms with Crippen molar-refractivity contribution in [3.63, 3.8) is 0 Å². The molecule has 1 aliphatic heterocycles. The van der Waals surface area contributed by atoms with Crippen LogP contribution in [-0.2, 0) is 18.1 Å². The first-order valence-electron chi connectivity index (χ1n) is 11.7. The molecule has 3 aromatic rings. The second-order valence-corrected chi connectivity index (χ2v) is 9.34. The van der Waals surface area contributed by atoms with E-state index in [0.29, 0.717) is 17.7 Å². The minimum Gasteiger partial charge on any atom is -0.494 e. The monoisotopic (exact) mass is 576 g/mol. The minimum absolute atomic E-state index is 0.116. The predicted octanol–water partition coefficient (Wildman–Crippen LogP) is 6.77. The molecule has 2 amide bonds. The normalized spacial score (nSPS) is 17.8. The molecule has 13 heteroatoms. The van der Waals surface area contributed by atoms with Crippen LogP contribution >= 0.6 is 0 Å². The minimum atomic E-state index is -5.04. The van der Waals surface area contributed by atoms with Gasteiger partial charge in [0.15, 0.2) is 11.6 Å². The van der Waals surface area contributed by atoms with Crippen LogP contribution in [0.1, 0.15) is 22.3 Å². The van der Waals surface area contributed by atoms with Crippen LogP contribution in [0.15, 0.2) is 66.7 Å². The number of nitrogens with one attached hydrogen (secondary N) is 1. The van der Waals surface area contributed by atoms with E-state index in [9.17, 15) is 44.3 Å². The fourth-order valence-electron chi connectivity index (χ4n) is 4.56. The maximum Gasteiger partial charge on any atom is 0.416 e. The molecular weight excluding hydrogens is 555 g/mol. The van der Waals surface area contributed by atoms with Gasteiger partial charge in [-0.25, -0.2) is 13.6 Å². The molecule has 1 aliphatic rings. The van der Waals surface area contributed by atoms with Crippen LogP contribution in [0.4, 0.5) is 44.3 Å². The van der Waals surface area contributed by atoms with Gasteiger partial charge in [0.05, 0.1) is 31.3 Å². The number of alkyl halides is 7. The summed E-state index contributed by atoms with van der Waals surface area (Å²) in [5.41, 5.74) is -3.94. The van der Waals surface area contributed by atoms with Crippen molar-refractivity contribution in [1.82, 2.24) is 10.2 Å². The Morgan fingerprint density at radius 3 is 2.05 bits per heavy atom. The standard InChI is InChI=1S/C27H21F9N2O2/c1-40-22-12-17(7-8-21(22)29)24(13-16-5-3-2-4-6-16,18-9-19(27(34,35)36)11-20(28)10-18)37-23(39)38-14-25(30,31)26(32,33)15-38/h2-12H,13-15H2,1H3,(H,37,39). The quantitative estimate of drug-likeness (QED) is 0.329. The first-order valence-corrected chi connectivity index (χ1v) is 11.7. The fourth-order valence-corrected chi connectivity index (χ4v) is 4.56. The zero-order valence-electron chi connectivity index (χ0n) is 20.6. The Balaban J connectivity index is 1.97. The van der Waals surface area contributed by atoms with Crippen molar-refractivity contribution in [2.75, 3.05) is 20.2 Å². The number of hydrogen-bond donors (Lipinski definition) is 1. The van der Waals surface area contributed by atoms with Gasteiger partial charge in [0.2, 0.25) is 0 Å². The summed E-state index contributed by atoms with van der Waals surface area (Å²) in [6.45, 7) is -3.37. The number of hydrogen-bond acceptors (Lipinski definition) is 2. The first kappa shape index (κ1) is 29.1. The third-order valence-electron chi connectivity index (χ3n) is 6.60. The molecule has 3 aromatic carbocycles. The number of urea groups is 1. The molecule has 0 saturated carbocycles. The molecule has 40 heavy (non-hydrogen) atoms. The zero-order valence-corrected chi connectivity index (χ0v) is 20.6. The van der Waals surface area contributed by atoms with E-state index in [2.05, 4.69) is 5.32 Å². The van der Waals surface area contributed by atoms with Crippen LogP contribution in [0, 0.1) is 11.6 Å². The summed E-state index contributed by atoms with van der Waals surface area (Å²) >= 11 is 0. The highest BCUT2D eigenvalue weighted by Crippen LogP contribution is 2.43. The smallest absolute Gasteiger partial charge is 0.416 e. The maximum atomic E-state index is 14.7. The maximum absolute atomic E-state index is 14.7. The summed E-state index contributed by atoms with van der Waals surface area (Å²) in [6, 6.07) is 10.7. The molecular formula is C27H21F9N2O2. The van der Waals surface area contributed by atoms with Crippen molar-refractivity contribution < 1.29 is 49.0 Å². The number of carbonyl (C=O) groups excluding carboxylic acids is 1. The van der Waals surface area contributed by atoms with Gasteiger partial charge in [-0.05, 0) is 47.0 Å². The van der Waals surface area contributed by atoms with Gasteiger partial charge in [-0.2, -0.15) is 30.7 Å². The van der Waals surface area contributed by atoms with E-state index in [1.165, 1.54) is 12.1 Å². The van der Waals surface area contributed by atoms with Crippen LogP contribution in [0.2, 0.25) is 0 Å². The number of benzene rings is 3. The molecule has 1 unspecified atom stereocenters. The van der Waals surface area contributed by atoms with Crippen molar-refractivity contribution in [3.05, 3.63) is 101 Å². The van der Waals surface area contributed by atoms with Crippen molar-refractivity contribution in [2.45, 2.75) is 30.0 Å². The fraction of sp³-hybridized carbons (Fsp3) is 0.296.